The van der Waals surface area contributed by atoms with E-state index < -0.39 is 5.92 Å². The first kappa shape index (κ1) is 22.7. The Kier molecular flexibility index (Phi) is 5.91. The topological polar surface area (TPSA) is 72.4 Å². The Labute approximate surface area is 193 Å². The predicted octanol–water partition coefficient (Wildman–Crippen LogP) is 5.05. The van der Waals surface area contributed by atoms with Crippen molar-refractivity contribution in [2.45, 2.75) is 76.6 Å². The number of nitrogens with zero attached hydrogens (tertiary/aromatic N) is 3. The van der Waals surface area contributed by atoms with E-state index in [0.29, 0.717) is 42.2 Å². The van der Waals surface area contributed by atoms with Crippen LogP contribution in [-0.4, -0.2) is 40.5 Å². The number of ketones is 1. The summed E-state index contributed by atoms with van der Waals surface area (Å²) in [6.45, 7) is 5.65. The molecule has 33 heavy (non-hydrogen) atoms. The number of fused-ring (bicyclic) bond motifs is 1. The Morgan fingerprint density at radius 1 is 1.27 bits per heavy atom. The van der Waals surface area contributed by atoms with E-state index in [4.69, 9.17) is 8.94 Å². The van der Waals surface area contributed by atoms with Crippen molar-refractivity contribution in [2.24, 2.45) is 17.8 Å². The number of carbonyl (C=O) groups is 1. The summed E-state index contributed by atoms with van der Waals surface area (Å²) in [6, 6.07) is 1.47. The molecule has 0 N–H and O–H groups in total. The second kappa shape index (κ2) is 8.60. The first-order valence-electron chi connectivity index (χ1n) is 12.2. The molecule has 0 amide bonds. The number of alkyl halides is 2. The Morgan fingerprint density at radius 2 is 2.03 bits per heavy atom. The first-order valence-corrected chi connectivity index (χ1v) is 12.2. The zero-order chi connectivity index (χ0) is 23.2. The lowest BCUT2D eigenvalue weighted by molar-refractivity contribution is -0.119. The number of piperidine rings is 1. The van der Waals surface area contributed by atoms with E-state index >= 15 is 0 Å². The number of likely N-dealkylation sites (tertiary alicyclic amines) is 1. The van der Waals surface area contributed by atoms with Gasteiger partial charge in [-0.15, -0.1) is 0 Å². The molecule has 0 radical (unpaired) electrons. The van der Waals surface area contributed by atoms with Crippen molar-refractivity contribution in [3.63, 3.8) is 0 Å². The lowest BCUT2D eigenvalue weighted by atomic mass is 9.78. The predicted molar refractivity (Wildman–Crippen MR) is 117 cm³/mol. The van der Waals surface area contributed by atoms with Crippen molar-refractivity contribution >= 4 is 5.78 Å². The van der Waals surface area contributed by atoms with Crippen LogP contribution in [0.5, 0.6) is 0 Å². The number of oxazole rings is 1. The molecule has 2 aromatic rings. The number of Topliss-reactive ketones (excluding diaryl/α,β-unsaturated/α-hetero) is 1. The van der Waals surface area contributed by atoms with Crippen LogP contribution in [0.1, 0.15) is 75.0 Å². The van der Waals surface area contributed by atoms with Crippen LogP contribution in [0.3, 0.4) is 0 Å². The molecule has 180 valence electrons. The molecule has 0 bridgehead atoms. The molecule has 1 aliphatic heterocycles. The molecule has 1 saturated heterocycles. The molecular weight excluding hydrogens is 428 g/mol. The molecule has 3 aliphatic rings. The second-order valence-electron chi connectivity index (χ2n) is 10.7. The lowest BCUT2D eigenvalue weighted by Crippen LogP contribution is -2.29. The third-order valence-electron chi connectivity index (χ3n) is 8.02. The molecule has 5 rings (SSSR count). The van der Waals surface area contributed by atoms with Crippen LogP contribution in [0.4, 0.5) is 8.78 Å². The quantitative estimate of drug-likeness (QED) is 0.520. The van der Waals surface area contributed by atoms with Gasteiger partial charge in [-0.2, -0.15) is 8.78 Å². The average molecular weight is 462 g/mol. The molecule has 6 nitrogen and oxygen atoms in total. The summed E-state index contributed by atoms with van der Waals surface area (Å²) in [5.74, 6) is -0.133. The molecule has 0 unspecified atom stereocenters. The van der Waals surface area contributed by atoms with Gasteiger partial charge in [-0.1, -0.05) is 18.0 Å². The van der Waals surface area contributed by atoms with Gasteiger partial charge in [0.25, 0.3) is 0 Å². The molecule has 8 heteroatoms. The van der Waals surface area contributed by atoms with Crippen LogP contribution in [0, 0.1) is 24.7 Å². The van der Waals surface area contributed by atoms with Gasteiger partial charge in [-0.25, -0.2) is 4.98 Å². The number of aromatic nitrogens is 2. The zero-order valence-electron chi connectivity index (χ0n) is 19.5. The highest BCUT2D eigenvalue weighted by atomic mass is 19.3. The summed E-state index contributed by atoms with van der Waals surface area (Å²) in [6.07, 6.45) is 9.35. The molecule has 3 fully saturated rings. The summed E-state index contributed by atoms with van der Waals surface area (Å²) >= 11 is 0. The summed E-state index contributed by atoms with van der Waals surface area (Å²) in [4.78, 5) is 19.0. The van der Waals surface area contributed by atoms with Crippen LogP contribution in [0.15, 0.2) is 21.2 Å². The van der Waals surface area contributed by atoms with Crippen molar-refractivity contribution in [1.82, 2.24) is 15.0 Å². The average Bonchev–Trinajstić information content (AvgIpc) is 3.18. The summed E-state index contributed by atoms with van der Waals surface area (Å²) in [7, 11) is 0. The Balaban J connectivity index is 1.03. The maximum Gasteiger partial charge on any atom is 0.304 e. The standard InChI is InChI=1S/C25H33F2N3O3/c1-16-13-28-23(32-16)10-20(31)9-18-5-3-17(4-6-18)7-8-30-14-19-12-25(19,15-30)21-11-22(33-29-21)24(2,26)27/h11,13,17-19H,3-10,12,14-15H2,1-2H3/t17?,18?,19-,25-/m0/s1. The van der Waals surface area contributed by atoms with E-state index in [-0.39, 0.29) is 17.0 Å². The summed E-state index contributed by atoms with van der Waals surface area (Å²) in [5, 5.41) is 4.00. The summed E-state index contributed by atoms with van der Waals surface area (Å²) in [5.41, 5.74) is 0.628. The maximum absolute atomic E-state index is 13.5. The van der Waals surface area contributed by atoms with Crippen LogP contribution in [0.25, 0.3) is 0 Å². The van der Waals surface area contributed by atoms with Gasteiger partial charge >= 0.3 is 5.92 Å². The fourth-order valence-electron chi connectivity index (χ4n) is 6.01. The Hall–Kier alpha value is -2.09. The SMILES string of the molecule is Cc1cnc(CC(=O)CC2CCC(CCN3C[C@@H]4C[C@]4(c4cc(C(C)(F)F)on4)C3)CC2)o1. The van der Waals surface area contributed by atoms with Crippen molar-refractivity contribution in [2.75, 3.05) is 19.6 Å². The minimum Gasteiger partial charge on any atom is -0.446 e. The van der Waals surface area contributed by atoms with E-state index in [2.05, 4.69) is 15.0 Å². The minimum absolute atomic E-state index is 0.0770. The van der Waals surface area contributed by atoms with Gasteiger partial charge in [-0.3, -0.25) is 4.79 Å². The molecule has 2 aromatic heterocycles. The maximum atomic E-state index is 13.5. The third kappa shape index (κ3) is 4.91. The molecule has 2 atom stereocenters. The number of hydrogen-bond acceptors (Lipinski definition) is 6. The molecule has 2 aliphatic carbocycles. The second-order valence-corrected chi connectivity index (χ2v) is 10.7. The number of hydrogen-bond donors (Lipinski definition) is 0. The van der Waals surface area contributed by atoms with Crippen molar-refractivity contribution in [3.05, 3.63) is 35.4 Å². The number of carbonyl (C=O) groups excluding carboxylic acids is 1. The number of halogens is 2. The van der Waals surface area contributed by atoms with Crippen molar-refractivity contribution in [3.8, 4) is 0 Å². The Morgan fingerprint density at radius 3 is 2.70 bits per heavy atom. The number of rotatable bonds is 9. The van der Waals surface area contributed by atoms with E-state index in [1.165, 1.54) is 18.9 Å². The van der Waals surface area contributed by atoms with Crippen LogP contribution in [-0.2, 0) is 22.6 Å². The van der Waals surface area contributed by atoms with Crippen LogP contribution >= 0.6 is 0 Å². The van der Waals surface area contributed by atoms with Gasteiger partial charge in [0, 0.05) is 37.9 Å². The van der Waals surface area contributed by atoms with Crippen LogP contribution < -0.4 is 0 Å². The minimum atomic E-state index is -2.98. The zero-order valence-corrected chi connectivity index (χ0v) is 19.5. The lowest BCUT2D eigenvalue weighted by Gasteiger charge is -2.30. The highest BCUT2D eigenvalue weighted by Gasteiger charge is 2.62. The van der Waals surface area contributed by atoms with E-state index in [9.17, 15) is 13.6 Å². The van der Waals surface area contributed by atoms with Gasteiger partial charge in [0.2, 0.25) is 11.7 Å². The van der Waals surface area contributed by atoms with Gasteiger partial charge in [0.05, 0.1) is 18.3 Å². The largest absolute Gasteiger partial charge is 0.446 e. The highest BCUT2D eigenvalue weighted by Crippen LogP contribution is 2.59. The highest BCUT2D eigenvalue weighted by molar-refractivity contribution is 5.80. The van der Waals surface area contributed by atoms with Gasteiger partial charge in [0.15, 0.2) is 0 Å². The van der Waals surface area contributed by atoms with E-state index in [1.807, 2.05) is 6.92 Å². The fraction of sp³-hybridized carbons (Fsp3) is 0.720. The molecule has 0 aromatic carbocycles. The Bertz CT molecular complexity index is 989. The molecule has 2 saturated carbocycles. The smallest absolute Gasteiger partial charge is 0.304 e. The summed E-state index contributed by atoms with van der Waals surface area (Å²) < 4.78 is 37.4. The van der Waals surface area contributed by atoms with Crippen molar-refractivity contribution < 1.29 is 22.5 Å². The molecular formula is C25H33F2N3O3. The fourth-order valence-corrected chi connectivity index (χ4v) is 6.01. The first-order chi connectivity index (χ1) is 15.7. The normalized spacial score (nSPS) is 29.9. The van der Waals surface area contributed by atoms with Gasteiger partial charge in [0.1, 0.15) is 11.5 Å². The third-order valence-corrected chi connectivity index (χ3v) is 8.02. The van der Waals surface area contributed by atoms with Gasteiger partial charge < -0.3 is 13.8 Å². The van der Waals surface area contributed by atoms with E-state index in [0.717, 1.165) is 58.0 Å². The van der Waals surface area contributed by atoms with Crippen molar-refractivity contribution in [1.29, 1.82) is 0 Å². The molecule has 0 spiro atoms. The van der Waals surface area contributed by atoms with Crippen LogP contribution in [0.2, 0.25) is 0 Å². The van der Waals surface area contributed by atoms with E-state index in [1.54, 1.807) is 6.20 Å². The number of aryl methyl sites for hydroxylation is 1. The monoisotopic (exact) mass is 461 g/mol. The molecule has 3 heterocycles. The van der Waals surface area contributed by atoms with Gasteiger partial charge in [-0.05, 0) is 56.9 Å².